The third-order valence-corrected chi connectivity index (χ3v) is 5.76. The van der Waals surface area contributed by atoms with E-state index in [1.54, 1.807) is 25.4 Å². The highest BCUT2D eigenvalue weighted by molar-refractivity contribution is 5.91. The minimum atomic E-state index is -1.50. The van der Waals surface area contributed by atoms with Crippen LogP contribution in [0, 0.1) is 18.6 Å². The van der Waals surface area contributed by atoms with Gasteiger partial charge in [-0.2, -0.15) is 0 Å². The summed E-state index contributed by atoms with van der Waals surface area (Å²) in [7, 11) is 3.25. The standard InChI is InChI=1S/C24H22F2N4O3.C2H6O.2C2H6/c1-16-13-29(15-27-16)21-5-2-17(3-6-21)4-7-22-23-28-33-24(14-31,30(23)8-9-32-22)18-10-19(25)12-20(26)11-18;1-3-2;2*1-2/h2-7,10-13,15,22,31H,8-9,14H2,1H3;1-2H3;2*1-2H3. The van der Waals surface area contributed by atoms with E-state index in [4.69, 9.17) is 9.57 Å². The molecule has 2 aliphatic rings. The number of hydrogen-bond donors (Lipinski definition) is 1. The predicted octanol–water partition coefficient (Wildman–Crippen LogP) is 5.68. The minimum absolute atomic E-state index is 0.149. The van der Waals surface area contributed by atoms with E-state index < -0.39 is 30.1 Å². The van der Waals surface area contributed by atoms with E-state index in [1.807, 2.05) is 81.8 Å². The van der Waals surface area contributed by atoms with E-state index in [0.717, 1.165) is 35.1 Å². The van der Waals surface area contributed by atoms with Crippen LogP contribution in [0.1, 0.15) is 44.5 Å². The summed E-state index contributed by atoms with van der Waals surface area (Å²) in [5.74, 6) is -1.08. The third kappa shape index (κ3) is 7.53. The highest BCUT2D eigenvalue weighted by atomic mass is 19.1. The largest absolute Gasteiger partial charge is 0.390 e. The summed E-state index contributed by atoms with van der Waals surface area (Å²) >= 11 is 0. The molecule has 10 heteroatoms. The van der Waals surface area contributed by atoms with Crippen LogP contribution >= 0.6 is 0 Å². The Kier molecular flexibility index (Phi) is 12.9. The van der Waals surface area contributed by atoms with Gasteiger partial charge in [-0.15, -0.1) is 0 Å². The van der Waals surface area contributed by atoms with Crippen LogP contribution in [-0.2, 0) is 20.0 Å². The third-order valence-electron chi connectivity index (χ3n) is 5.76. The van der Waals surface area contributed by atoms with Crippen LogP contribution in [0.4, 0.5) is 8.78 Å². The molecule has 2 aromatic carbocycles. The molecule has 0 radical (unpaired) electrons. The van der Waals surface area contributed by atoms with E-state index >= 15 is 0 Å². The maximum absolute atomic E-state index is 13.9. The second-order valence-electron chi connectivity index (χ2n) is 8.37. The first-order valence-corrected chi connectivity index (χ1v) is 13.3. The second kappa shape index (κ2) is 15.9. The molecule has 218 valence electrons. The first-order chi connectivity index (χ1) is 19.4. The van der Waals surface area contributed by atoms with E-state index in [1.165, 1.54) is 0 Å². The molecule has 2 aliphatic heterocycles. The minimum Gasteiger partial charge on any atom is -0.390 e. The van der Waals surface area contributed by atoms with Crippen LogP contribution in [0.25, 0.3) is 11.8 Å². The molecular formula is C30H40F2N4O4. The SMILES string of the molecule is CC.CC.COC.Cc1cn(-c2ccc(C=CC3OCCN4C3=NOC4(CO)c3cc(F)cc(F)c3)cc2)cn1. The molecule has 0 saturated carbocycles. The van der Waals surface area contributed by atoms with Gasteiger partial charge in [-0.3, -0.25) is 0 Å². The number of hydrogen-bond acceptors (Lipinski definition) is 7. The van der Waals surface area contributed by atoms with Crippen molar-refractivity contribution < 1.29 is 28.2 Å². The average molecular weight is 559 g/mol. The number of aromatic nitrogens is 2. The Balaban J connectivity index is 0.000000737. The first-order valence-electron chi connectivity index (χ1n) is 13.3. The number of aliphatic hydroxyl groups is 1. The van der Waals surface area contributed by atoms with Crippen molar-refractivity contribution in [1.82, 2.24) is 14.5 Å². The van der Waals surface area contributed by atoms with Crippen molar-refractivity contribution in [1.29, 1.82) is 0 Å². The summed E-state index contributed by atoms with van der Waals surface area (Å²) < 4.78 is 39.8. The van der Waals surface area contributed by atoms with Gasteiger partial charge in [0.25, 0.3) is 5.72 Å². The number of aryl methyl sites for hydroxylation is 1. The molecule has 1 saturated heterocycles. The number of fused-ring (bicyclic) bond motifs is 1. The van der Waals surface area contributed by atoms with Gasteiger partial charge < -0.3 is 28.9 Å². The van der Waals surface area contributed by atoms with Crippen LogP contribution in [0.15, 0.2) is 66.2 Å². The van der Waals surface area contributed by atoms with Crippen molar-refractivity contribution in [3.8, 4) is 5.69 Å². The van der Waals surface area contributed by atoms with Crippen molar-refractivity contribution in [3.63, 3.8) is 0 Å². The van der Waals surface area contributed by atoms with Crippen molar-refractivity contribution in [2.45, 2.75) is 46.4 Å². The van der Waals surface area contributed by atoms with Crippen LogP contribution in [0.3, 0.4) is 0 Å². The number of benzene rings is 2. The fraction of sp³-hybridized carbons (Fsp3) is 0.400. The van der Waals surface area contributed by atoms with Gasteiger partial charge in [0.1, 0.15) is 24.3 Å². The highest BCUT2D eigenvalue weighted by Crippen LogP contribution is 2.38. The van der Waals surface area contributed by atoms with Gasteiger partial charge in [-0.25, -0.2) is 13.8 Å². The molecule has 0 amide bonds. The Hall–Kier alpha value is -3.60. The first kappa shape index (κ1) is 32.6. The van der Waals surface area contributed by atoms with Gasteiger partial charge in [0.15, 0.2) is 5.84 Å². The number of ether oxygens (including phenoxy) is 2. The van der Waals surface area contributed by atoms with Gasteiger partial charge in [-0.1, -0.05) is 51.1 Å². The quantitative estimate of drug-likeness (QED) is 0.434. The molecular weight excluding hydrogens is 518 g/mol. The van der Waals surface area contributed by atoms with Crippen LogP contribution in [0.2, 0.25) is 0 Å². The molecule has 0 spiro atoms. The lowest BCUT2D eigenvalue weighted by atomic mass is 9.99. The molecule has 0 bridgehead atoms. The molecule has 40 heavy (non-hydrogen) atoms. The Bertz CT molecular complexity index is 1230. The number of morpholine rings is 1. The van der Waals surface area contributed by atoms with E-state index in [0.29, 0.717) is 19.0 Å². The highest BCUT2D eigenvalue weighted by Gasteiger charge is 2.51. The zero-order valence-electron chi connectivity index (χ0n) is 24.3. The fourth-order valence-electron chi connectivity index (χ4n) is 4.11. The molecule has 5 rings (SSSR count). The zero-order chi connectivity index (χ0) is 29.7. The molecule has 3 aromatic rings. The second-order valence-corrected chi connectivity index (χ2v) is 8.37. The number of amidine groups is 1. The summed E-state index contributed by atoms with van der Waals surface area (Å²) in [4.78, 5) is 11.5. The Labute approximate surface area is 235 Å². The number of imidazole rings is 1. The van der Waals surface area contributed by atoms with Gasteiger partial charge in [0, 0.05) is 44.3 Å². The predicted molar refractivity (Wildman–Crippen MR) is 153 cm³/mol. The number of nitrogens with zero attached hydrogens (tertiary/aromatic N) is 4. The molecule has 3 heterocycles. The average Bonchev–Trinajstić information content (AvgIpc) is 3.59. The van der Waals surface area contributed by atoms with Gasteiger partial charge >= 0.3 is 0 Å². The molecule has 2 unspecified atom stereocenters. The number of halogens is 2. The van der Waals surface area contributed by atoms with Crippen molar-refractivity contribution >= 4 is 11.9 Å². The summed E-state index contributed by atoms with van der Waals surface area (Å²) in [5, 5.41) is 14.3. The van der Waals surface area contributed by atoms with Crippen molar-refractivity contribution in [3.05, 3.63) is 89.5 Å². The van der Waals surface area contributed by atoms with Crippen molar-refractivity contribution in [2.75, 3.05) is 34.0 Å². The van der Waals surface area contributed by atoms with Crippen molar-refractivity contribution in [2.24, 2.45) is 5.16 Å². The number of oxime groups is 1. The number of methoxy groups -OCH3 is 1. The monoisotopic (exact) mass is 558 g/mol. The van der Waals surface area contributed by atoms with E-state index in [9.17, 15) is 13.9 Å². The normalized spacial score (nSPS) is 19.2. The number of rotatable bonds is 5. The summed E-state index contributed by atoms with van der Waals surface area (Å²) in [6.07, 6.45) is 6.92. The molecule has 2 atom stereocenters. The smallest absolute Gasteiger partial charge is 0.260 e. The van der Waals surface area contributed by atoms with E-state index in [-0.39, 0.29) is 5.56 Å². The Morgan fingerprint density at radius 2 is 1.70 bits per heavy atom. The van der Waals surface area contributed by atoms with Gasteiger partial charge in [0.2, 0.25) is 0 Å². The topological polar surface area (TPSA) is 81.3 Å². The molecule has 0 aliphatic carbocycles. The lowest BCUT2D eigenvalue weighted by molar-refractivity contribution is -0.145. The Morgan fingerprint density at radius 3 is 2.25 bits per heavy atom. The van der Waals surface area contributed by atoms with E-state index in [2.05, 4.69) is 14.9 Å². The lowest BCUT2D eigenvalue weighted by Gasteiger charge is -2.39. The van der Waals surface area contributed by atoms with Gasteiger partial charge in [0.05, 0.1) is 18.6 Å². The summed E-state index contributed by atoms with van der Waals surface area (Å²) in [6, 6.07) is 11.0. The lowest BCUT2D eigenvalue weighted by Crippen LogP contribution is -2.55. The van der Waals surface area contributed by atoms with Crippen LogP contribution < -0.4 is 0 Å². The maximum Gasteiger partial charge on any atom is 0.260 e. The zero-order valence-corrected chi connectivity index (χ0v) is 24.3. The number of aliphatic hydroxyl groups excluding tert-OH is 1. The van der Waals surface area contributed by atoms with Crippen LogP contribution in [0.5, 0.6) is 0 Å². The van der Waals surface area contributed by atoms with Crippen LogP contribution in [-0.4, -0.2) is 65.5 Å². The molecule has 1 N–H and O–H groups in total. The molecule has 8 nitrogen and oxygen atoms in total. The fourth-order valence-corrected chi connectivity index (χ4v) is 4.11. The Morgan fingerprint density at radius 1 is 1.07 bits per heavy atom. The summed E-state index contributed by atoms with van der Waals surface area (Å²) in [5.41, 5.74) is 1.54. The summed E-state index contributed by atoms with van der Waals surface area (Å²) in [6.45, 7) is 10.1. The molecule has 1 fully saturated rings. The molecule has 1 aromatic heterocycles. The van der Waals surface area contributed by atoms with Gasteiger partial charge in [-0.05, 0) is 42.8 Å². The maximum atomic E-state index is 13.9.